The summed E-state index contributed by atoms with van der Waals surface area (Å²) < 4.78 is 15.4. The molecule has 28 heavy (non-hydrogen) atoms. The molecule has 6 nitrogen and oxygen atoms in total. The molecule has 1 atom stereocenters. The molecule has 3 rings (SSSR count). The highest BCUT2D eigenvalue weighted by Gasteiger charge is 2.50. The zero-order valence-electron chi connectivity index (χ0n) is 16.3. The van der Waals surface area contributed by atoms with Crippen LogP contribution in [0.4, 0.5) is 0 Å². The lowest BCUT2D eigenvalue weighted by Crippen LogP contribution is -2.60. The van der Waals surface area contributed by atoms with Crippen molar-refractivity contribution in [3.05, 3.63) is 71.3 Å². The van der Waals surface area contributed by atoms with Gasteiger partial charge in [-0.1, -0.05) is 30.3 Å². The fourth-order valence-corrected chi connectivity index (χ4v) is 3.45. The molecule has 0 spiro atoms. The summed E-state index contributed by atoms with van der Waals surface area (Å²) >= 11 is 0. The number of hydrogen-bond donors (Lipinski definition) is 0. The van der Waals surface area contributed by atoms with Crippen LogP contribution in [0.2, 0.25) is 0 Å². The highest BCUT2D eigenvalue weighted by atomic mass is 16.5. The fraction of sp³-hybridized carbons (Fsp3) is 0.273. The minimum atomic E-state index is -0.739. The Hall–Kier alpha value is -3.28. The summed E-state index contributed by atoms with van der Waals surface area (Å²) in [6, 6.07) is 13.7. The third kappa shape index (κ3) is 3.33. The van der Waals surface area contributed by atoms with Crippen LogP contribution in [-0.4, -0.2) is 44.1 Å². The Morgan fingerprint density at radius 1 is 0.929 bits per heavy atom. The van der Waals surface area contributed by atoms with Gasteiger partial charge in [0.1, 0.15) is 11.5 Å². The van der Waals surface area contributed by atoms with Gasteiger partial charge in [-0.2, -0.15) is 0 Å². The number of β-lactam (4-membered cyclic amide) rings is 1. The number of rotatable bonds is 6. The Balaban J connectivity index is 2.09. The summed E-state index contributed by atoms with van der Waals surface area (Å²) in [5, 5.41) is 0. The molecule has 2 aromatic rings. The topological polar surface area (TPSA) is 65.1 Å². The number of hydrogen-bond acceptors (Lipinski definition) is 5. The lowest BCUT2D eigenvalue weighted by atomic mass is 9.86. The van der Waals surface area contributed by atoms with Gasteiger partial charge in [0, 0.05) is 5.57 Å². The van der Waals surface area contributed by atoms with Crippen LogP contribution in [0.5, 0.6) is 11.5 Å². The van der Waals surface area contributed by atoms with Crippen LogP contribution in [0.1, 0.15) is 24.1 Å². The second-order valence-electron chi connectivity index (χ2n) is 6.33. The van der Waals surface area contributed by atoms with Gasteiger partial charge in [0.2, 0.25) is 0 Å². The number of nitrogens with zero attached hydrogens (tertiary/aromatic N) is 1. The molecule has 146 valence electrons. The van der Waals surface area contributed by atoms with E-state index in [4.69, 9.17) is 14.2 Å². The van der Waals surface area contributed by atoms with Crippen LogP contribution in [0.25, 0.3) is 0 Å². The molecule has 6 heteroatoms. The summed E-state index contributed by atoms with van der Waals surface area (Å²) in [6.07, 6.45) is 1.67. The Labute approximate surface area is 164 Å². The predicted molar refractivity (Wildman–Crippen MR) is 104 cm³/mol. The molecule has 0 unspecified atom stereocenters. The van der Waals surface area contributed by atoms with Gasteiger partial charge in [-0.05, 0) is 42.3 Å². The first-order valence-corrected chi connectivity index (χ1v) is 8.90. The molecule has 1 amide bonds. The number of amides is 1. The van der Waals surface area contributed by atoms with E-state index in [9.17, 15) is 9.59 Å². The summed E-state index contributed by atoms with van der Waals surface area (Å²) in [4.78, 5) is 26.8. The van der Waals surface area contributed by atoms with E-state index >= 15 is 0 Å². The largest absolute Gasteiger partial charge is 0.497 e. The molecular formula is C22H23NO5. The molecule has 1 fully saturated rings. The molecule has 0 radical (unpaired) electrons. The molecule has 2 aromatic carbocycles. The average molecular weight is 381 g/mol. The number of carbonyl (C=O) groups is 2. The summed E-state index contributed by atoms with van der Waals surface area (Å²) in [5.74, 6) is 0.783. The SMILES string of the molecule is C/C=C1\C(=O)N(C(c2ccc(OC)cc2)c2ccc(OC)cc2)[C@@H]1C(=O)OC. The highest BCUT2D eigenvalue weighted by molar-refractivity contribution is 6.10. The number of ether oxygens (including phenoxy) is 3. The number of esters is 1. The second kappa shape index (κ2) is 8.17. The van der Waals surface area contributed by atoms with Crippen molar-refractivity contribution in [1.29, 1.82) is 0 Å². The number of methoxy groups -OCH3 is 3. The van der Waals surface area contributed by atoms with Crippen molar-refractivity contribution in [3.8, 4) is 11.5 Å². The molecule has 0 saturated carbocycles. The fourth-order valence-electron chi connectivity index (χ4n) is 3.45. The Morgan fingerprint density at radius 2 is 1.39 bits per heavy atom. The van der Waals surface area contributed by atoms with E-state index in [1.807, 2.05) is 48.5 Å². The van der Waals surface area contributed by atoms with Crippen LogP contribution in [0, 0.1) is 0 Å². The molecule has 1 aliphatic rings. The van der Waals surface area contributed by atoms with Crippen LogP contribution in [-0.2, 0) is 14.3 Å². The lowest BCUT2D eigenvalue weighted by molar-refractivity contribution is -0.158. The number of carbonyl (C=O) groups excluding carboxylic acids is 2. The number of benzene rings is 2. The van der Waals surface area contributed by atoms with Crippen LogP contribution in [0.15, 0.2) is 60.2 Å². The van der Waals surface area contributed by atoms with Gasteiger partial charge in [0.25, 0.3) is 5.91 Å². The van der Waals surface area contributed by atoms with E-state index in [1.165, 1.54) is 7.11 Å². The van der Waals surface area contributed by atoms with Crippen molar-refractivity contribution in [2.24, 2.45) is 0 Å². The van der Waals surface area contributed by atoms with E-state index < -0.39 is 18.1 Å². The minimum Gasteiger partial charge on any atom is -0.497 e. The average Bonchev–Trinajstić information content (AvgIpc) is 2.75. The maximum absolute atomic E-state index is 12.9. The lowest BCUT2D eigenvalue weighted by Gasteiger charge is -2.46. The first kappa shape index (κ1) is 19.5. The summed E-state index contributed by atoms with van der Waals surface area (Å²) in [6.45, 7) is 1.75. The van der Waals surface area contributed by atoms with Crippen molar-refractivity contribution in [3.63, 3.8) is 0 Å². The standard InChI is InChI=1S/C22H23NO5/c1-5-18-20(22(25)28-4)23(21(18)24)19(14-6-10-16(26-2)11-7-14)15-8-12-17(27-3)13-9-15/h5-13,19-20H,1-4H3/b18-5-/t20-/m0/s1. The number of likely N-dealkylation sites (tertiary alicyclic amines) is 1. The summed E-state index contributed by atoms with van der Waals surface area (Å²) in [7, 11) is 4.52. The maximum Gasteiger partial charge on any atom is 0.333 e. The molecule has 1 saturated heterocycles. The van der Waals surface area contributed by atoms with Gasteiger partial charge in [-0.3, -0.25) is 4.79 Å². The van der Waals surface area contributed by atoms with Crippen molar-refractivity contribution in [1.82, 2.24) is 4.90 Å². The van der Waals surface area contributed by atoms with Crippen molar-refractivity contribution >= 4 is 11.9 Å². The molecule has 1 heterocycles. The molecule has 0 N–H and O–H groups in total. The van der Waals surface area contributed by atoms with E-state index in [2.05, 4.69) is 0 Å². The normalized spacial score (nSPS) is 17.5. The Kier molecular flexibility index (Phi) is 5.68. The molecule has 0 aromatic heterocycles. The van der Waals surface area contributed by atoms with Crippen LogP contribution >= 0.6 is 0 Å². The van der Waals surface area contributed by atoms with Gasteiger partial charge in [0.15, 0.2) is 6.04 Å². The quantitative estimate of drug-likeness (QED) is 0.437. The molecule has 1 aliphatic heterocycles. The van der Waals surface area contributed by atoms with Crippen LogP contribution in [0.3, 0.4) is 0 Å². The monoisotopic (exact) mass is 381 g/mol. The predicted octanol–water partition coefficient (Wildman–Crippen LogP) is 3.12. The molecule has 0 aliphatic carbocycles. The van der Waals surface area contributed by atoms with E-state index in [-0.39, 0.29) is 5.91 Å². The third-order valence-electron chi connectivity index (χ3n) is 4.93. The first-order valence-electron chi connectivity index (χ1n) is 8.90. The molecular weight excluding hydrogens is 358 g/mol. The Morgan fingerprint density at radius 3 is 1.75 bits per heavy atom. The van der Waals surface area contributed by atoms with E-state index in [0.29, 0.717) is 17.1 Å². The van der Waals surface area contributed by atoms with Crippen molar-refractivity contribution in [2.45, 2.75) is 19.0 Å². The van der Waals surface area contributed by atoms with Gasteiger partial charge in [-0.25, -0.2) is 4.79 Å². The zero-order chi connectivity index (χ0) is 20.3. The Bertz CT molecular complexity index is 839. The van der Waals surface area contributed by atoms with Gasteiger partial charge < -0.3 is 19.1 Å². The first-order chi connectivity index (χ1) is 13.5. The minimum absolute atomic E-state index is 0.186. The van der Waals surface area contributed by atoms with E-state index in [1.54, 1.807) is 32.1 Å². The highest BCUT2D eigenvalue weighted by Crippen LogP contribution is 2.40. The second-order valence-corrected chi connectivity index (χ2v) is 6.33. The van der Waals surface area contributed by atoms with E-state index in [0.717, 1.165) is 11.1 Å². The van der Waals surface area contributed by atoms with Crippen LogP contribution < -0.4 is 9.47 Å². The number of allylic oxidation sites excluding steroid dienone is 1. The van der Waals surface area contributed by atoms with Gasteiger partial charge >= 0.3 is 5.97 Å². The maximum atomic E-state index is 12.9. The third-order valence-corrected chi connectivity index (χ3v) is 4.93. The molecule has 0 bridgehead atoms. The van der Waals surface area contributed by atoms with Crippen molar-refractivity contribution in [2.75, 3.05) is 21.3 Å². The van der Waals surface area contributed by atoms with Gasteiger partial charge in [-0.15, -0.1) is 0 Å². The van der Waals surface area contributed by atoms with Crippen molar-refractivity contribution < 1.29 is 23.8 Å². The smallest absolute Gasteiger partial charge is 0.333 e. The zero-order valence-corrected chi connectivity index (χ0v) is 16.3. The van der Waals surface area contributed by atoms with Gasteiger partial charge in [0.05, 0.1) is 27.4 Å². The summed E-state index contributed by atoms with van der Waals surface area (Å²) in [5.41, 5.74) is 2.17.